The lowest BCUT2D eigenvalue weighted by molar-refractivity contribution is 0.0945. The molecule has 3 aromatic rings. The molecule has 3 rings (SSSR count). The maximum Gasteiger partial charge on any atom is 0.270 e. The average molecular weight is 371 g/mol. The van der Waals surface area contributed by atoms with Crippen LogP contribution in [-0.2, 0) is 6.54 Å². The van der Waals surface area contributed by atoms with Crippen molar-refractivity contribution in [2.45, 2.75) is 13.5 Å². The van der Waals surface area contributed by atoms with E-state index in [1.807, 2.05) is 18.2 Å². The third-order valence-electron chi connectivity index (χ3n) is 3.57. The third kappa shape index (κ3) is 4.55. The van der Waals surface area contributed by atoms with Crippen molar-refractivity contribution in [2.75, 3.05) is 5.32 Å². The molecule has 0 spiro atoms. The summed E-state index contributed by atoms with van der Waals surface area (Å²) in [4.78, 5) is 20.8. The van der Waals surface area contributed by atoms with E-state index in [0.717, 1.165) is 5.56 Å². The number of anilines is 2. The number of carbonyl (C=O) groups is 1. The van der Waals surface area contributed by atoms with Crippen LogP contribution in [0.1, 0.15) is 21.9 Å². The molecule has 0 saturated carbocycles. The highest BCUT2D eigenvalue weighted by atomic mass is 35.5. The summed E-state index contributed by atoms with van der Waals surface area (Å²) in [5, 5.41) is 6.39. The van der Waals surface area contributed by atoms with Crippen molar-refractivity contribution in [3.05, 3.63) is 82.5 Å². The SMILES string of the molecule is Cc1nc(Nc2ccccc2Cl)cc(C(=O)NCc2ccc(F)cc2)n1. The molecule has 132 valence electrons. The highest BCUT2D eigenvalue weighted by Crippen LogP contribution is 2.24. The van der Waals surface area contributed by atoms with Gasteiger partial charge in [-0.2, -0.15) is 0 Å². The number of halogens is 2. The zero-order valence-electron chi connectivity index (χ0n) is 14.0. The lowest BCUT2D eigenvalue weighted by atomic mass is 10.2. The van der Waals surface area contributed by atoms with Gasteiger partial charge in [-0.3, -0.25) is 4.79 Å². The molecular weight excluding hydrogens is 355 g/mol. The predicted molar refractivity (Wildman–Crippen MR) is 99.1 cm³/mol. The van der Waals surface area contributed by atoms with Crippen LogP contribution >= 0.6 is 11.6 Å². The predicted octanol–water partition coefficient (Wildman–Crippen LogP) is 4.25. The number of hydrogen-bond acceptors (Lipinski definition) is 4. The van der Waals surface area contributed by atoms with Gasteiger partial charge in [0.05, 0.1) is 10.7 Å². The summed E-state index contributed by atoms with van der Waals surface area (Å²) in [7, 11) is 0. The minimum Gasteiger partial charge on any atom is -0.347 e. The van der Waals surface area contributed by atoms with Gasteiger partial charge in [0.15, 0.2) is 0 Å². The van der Waals surface area contributed by atoms with Crippen LogP contribution in [0.2, 0.25) is 5.02 Å². The fourth-order valence-electron chi connectivity index (χ4n) is 2.32. The monoisotopic (exact) mass is 370 g/mol. The first kappa shape index (κ1) is 17.8. The maximum atomic E-state index is 12.9. The molecule has 0 bridgehead atoms. The van der Waals surface area contributed by atoms with E-state index in [-0.39, 0.29) is 24.0 Å². The Balaban J connectivity index is 1.73. The Morgan fingerprint density at radius 2 is 1.85 bits per heavy atom. The first-order valence-electron chi connectivity index (χ1n) is 7.91. The van der Waals surface area contributed by atoms with E-state index in [1.54, 1.807) is 31.2 Å². The van der Waals surface area contributed by atoms with Gasteiger partial charge in [-0.15, -0.1) is 0 Å². The molecule has 7 heteroatoms. The van der Waals surface area contributed by atoms with Gasteiger partial charge in [0.2, 0.25) is 0 Å². The molecule has 1 aromatic heterocycles. The number of nitrogens with zero attached hydrogens (tertiary/aromatic N) is 2. The summed E-state index contributed by atoms with van der Waals surface area (Å²) in [6.45, 7) is 1.98. The van der Waals surface area contributed by atoms with E-state index in [4.69, 9.17) is 11.6 Å². The second kappa shape index (κ2) is 7.93. The summed E-state index contributed by atoms with van der Waals surface area (Å²) in [5.41, 5.74) is 1.71. The Bertz CT molecular complexity index is 931. The van der Waals surface area contributed by atoms with Gasteiger partial charge in [0.1, 0.15) is 23.2 Å². The third-order valence-corrected chi connectivity index (χ3v) is 3.90. The van der Waals surface area contributed by atoms with Gasteiger partial charge in [-0.1, -0.05) is 35.9 Å². The Hall–Kier alpha value is -2.99. The zero-order chi connectivity index (χ0) is 18.5. The molecular formula is C19H16ClFN4O. The molecule has 0 aliphatic heterocycles. The fourth-order valence-corrected chi connectivity index (χ4v) is 2.51. The van der Waals surface area contributed by atoms with Crippen LogP contribution in [0.25, 0.3) is 0 Å². The Morgan fingerprint density at radius 3 is 2.58 bits per heavy atom. The number of aromatic nitrogens is 2. The van der Waals surface area contributed by atoms with E-state index >= 15 is 0 Å². The molecule has 0 atom stereocenters. The van der Waals surface area contributed by atoms with E-state index in [9.17, 15) is 9.18 Å². The molecule has 2 aromatic carbocycles. The molecule has 0 aliphatic rings. The van der Waals surface area contributed by atoms with Crippen molar-refractivity contribution < 1.29 is 9.18 Å². The van der Waals surface area contributed by atoms with Crippen molar-refractivity contribution >= 4 is 29.0 Å². The number of rotatable bonds is 5. The van der Waals surface area contributed by atoms with E-state index in [2.05, 4.69) is 20.6 Å². The van der Waals surface area contributed by atoms with Crippen LogP contribution in [0.15, 0.2) is 54.6 Å². The molecule has 1 heterocycles. The molecule has 0 aliphatic carbocycles. The van der Waals surface area contributed by atoms with Crippen molar-refractivity contribution in [1.29, 1.82) is 0 Å². The summed E-state index contributed by atoms with van der Waals surface area (Å²) < 4.78 is 12.9. The second-order valence-corrected chi connectivity index (χ2v) is 6.01. The highest BCUT2D eigenvalue weighted by Gasteiger charge is 2.11. The van der Waals surface area contributed by atoms with Crippen molar-refractivity contribution in [1.82, 2.24) is 15.3 Å². The summed E-state index contributed by atoms with van der Waals surface area (Å²) >= 11 is 6.13. The molecule has 2 N–H and O–H groups in total. The van der Waals surface area contributed by atoms with Crippen LogP contribution in [-0.4, -0.2) is 15.9 Å². The van der Waals surface area contributed by atoms with Gasteiger partial charge in [-0.25, -0.2) is 14.4 Å². The Labute approximate surface area is 155 Å². The summed E-state index contributed by atoms with van der Waals surface area (Å²) in [5.74, 6) is 0.260. The van der Waals surface area contributed by atoms with Crippen LogP contribution in [0.5, 0.6) is 0 Å². The van der Waals surface area contributed by atoms with Crippen LogP contribution in [0.4, 0.5) is 15.9 Å². The molecule has 0 saturated heterocycles. The van der Waals surface area contributed by atoms with Crippen molar-refractivity contribution in [3.8, 4) is 0 Å². The Morgan fingerprint density at radius 1 is 1.12 bits per heavy atom. The number of amides is 1. The number of nitrogens with one attached hydrogen (secondary N) is 2. The molecule has 0 fully saturated rings. The minimum atomic E-state index is -0.345. The first-order chi connectivity index (χ1) is 12.5. The number of carbonyl (C=O) groups excluding carboxylic acids is 1. The summed E-state index contributed by atoms with van der Waals surface area (Å²) in [6, 6.07) is 14.7. The van der Waals surface area contributed by atoms with E-state index < -0.39 is 0 Å². The van der Waals surface area contributed by atoms with Gasteiger partial charge in [0, 0.05) is 12.6 Å². The lowest BCUT2D eigenvalue weighted by Crippen LogP contribution is -2.24. The second-order valence-electron chi connectivity index (χ2n) is 5.60. The molecule has 5 nitrogen and oxygen atoms in total. The minimum absolute atomic E-state index is 0.231. The first-order valence-corrected chi connectivity index (χ1v) is 8.29. The number of para-hydroxylation sites is 1. The largest absolute Gasteiger partial charge is 0.347 e. The Kier molecular flexibility index (Phi) is 5.43. The van der Waals surface area contributed by atoms with Crippen molar-refractivity contribution in [2.24, 2.45) is 0 Å². The van der Waals surface area contributed by atoms with Crippen LogP contribution in [0, 0.1) is 12.7 Å². The molecule has 1 amide bonds. The highest BCUT2D eigenvalue weighted by molar-refractivity contribution is 6.33. The zero-order valence-corrected chi connectivity index (χ0v) is 14.7. The van der Waals surface area contributed by atoms with Crippen molar-refractivity contribution in [3.63, 3.8) is 0 Å². The number of hydrogen-bond donors (Lipinski definition) is 2. The van der Waals surface area contributed by atoms with Crippen LogP contribution < -0.4 is 10.6 Å². The maximum absolute atomic E-state index is 12.9. The number of benzene rings is 2. The van der Waals surface area contributed by atoms with Gasteiger partial charge in [0.25, 0.3) is 5.91 Å². The number of aryl methyl sites for hydroxylation is 1. The lowest BCUT2D eigenvalue weighted by Gasteiger charge is -2.10. The topological polar surface area (TPSA) is 66.9 Å². The van der Waals surface area contributed by atoms with E-state index in [1.165, 1.54) is 12.1 Å². The van der Waals surface area contributed by atoms with Gasteiger partial charge < -0.3 is 10.6 Å². The quantitative estimate of drug-likeness (QED) is 0.704. The molecule has 0 radical (unpaired) electrons. The average Bonchev–Trinajstić information content (AvgIpc) is 2.62. The fraction of sp³-hybridized carbons (Fsp3) is 0.105. The van der Waals surface area contributed by atoms with Gasteiger partial charge in [-0.05, 0) is 36.8 Å². The summed E-state index contributed by atoms with van der Waals surface area (Å²) in [6.07, 6.45) is 0. The smallest absolute Gasteiger partial charge is 0.270 e. The molecule has 0 unspecified atom stereocenters. The standard InChI is InChI=1S/C19H16ClFN4O/c1-12-23-17(19(26)22-11-13-6-8-14(21)9-7-13)10-18(24-12)25-16-5-3-2-4-15(16)20/h2-10H,11H2,1H3,(H,22,26)(H,23,24,25). The van der Waals surface area contributed by atoms with Gasteiger partial charge >= 0.3 is 0 Å². The van der Waals surface area contributed by atoms with E-state index in [0.29, 0.717) is 22.4 Å². The normalized spacial score (nSPS) is 10.4. The molecule has 26 heavy (non-hydrogen) atoms. The van der Waals surface area contributed by atoms with Crippen LogP contribution in [0.3, 0.4) is 0 Å².